The number of hydrogen-bond acceptors (Lipinski definition) is 4. The van der Waals surface area contributed by atoms with E-state index in [-0.39, 0.29) is 11.9 Å². The van der Waals surface area contributed by atoms with Gasteiger partial charge < -0.3 is 10.1 Å². The highest BCUT2D eigenvalue weighted by atomic mass is 32.2. The van der Waals surface area contributed by atoms with Crippen molar-refractivity contribution in [2.75, 3.05) is 20.2 Å². The molecule has 1 N–H and O–H groups in total. The van der Waals surface area contributed by atoms with Crippen LogP contribution in [0, 0.1) is 0 Å². The lowest BCUT2D eigenvalue weighted by atomic mass is 10.1. The second kappa shape index (κ2) is 9.41. The summed E-state index contributed by atoms with van der Waals surface area (Å²) in [5.74, 6) is 0.740. The standard InChI is InChI=1S/C22H28N2O4S/c1-17(19-8-10-20(28-2)11-9-19)23-22(25)14-7-18-5-12-21(13-6-18)29(26,27)24-15-3-4-16-24/h5-6,8-13,17H,3-4,7,14-16H2,1-2H3,(H,23,25). The van der Waals surface area contributed by atoms with Crippen molar-refractivity contribution in [2.45, 2.75) is 43.5 Å². The molecule has 1 unspecified atom stereocenters. The molecule has 1 aliphatic rings. The molecule has 6 nitrogen and oxygen atoms in total. The third-order valence-electron chi connectivity index (χ3n) is 5.26. The number of nitrogens with zero attached hydrogens (tertiary/aromatic N) is 1. The Morgan fingerprint density at radius 1 is 1.07 bits per heavy atom. The first-order chi connectivity index (χ1) is 13.9. The molecule has 29 heavy (non-hydrogen) atoms. The average Bonchev–Trinajstić information content (AvgIpc) is 3.28. The Morgan fingerprint density at radius 3 is 2.28 bits per heavy atom. The third-order valence-corrected chi connectivity index (χ3v) is 7.17. The summed E-state index contributed by atoms with van der Waals surface area (Å²) in [5.41, 5.74) is 1.95. The quantitative estimate of drug-likeness (QED) is 0.717. The third kappa shape index (κ3) is 5.36. The summed E-state index contributed by atoms with van der Waals surface area (Å²) in [7, 11) is -1.77. The Balaban J connectivity index is 1.52. The normalized spacial score (nSPS) is 15.8. The molecule has 0 spiro atoms. The highest BCUT2D eigenvalue weighted by Crippen LogP contribution is 2.21. The van der Waals surface area contributed by atoms with Gasteiger partial charge in [0.1, 0.15) is 5.75 Å². The summed E-state index contributed by atoms with van der Waals surface area (Å²) in [6, 6.07) is 14.4. The molecule has 156 valence electrons. The zero-order chi connectivity index (χ0) is 20.9. The molecule has 1 amide bonds. The largest absolute Gasteiger partial charge is 0.497 e. The predicted molar refractivity (Wildman–Crippen MR) is 112 cm³/mol. The maximum absolute atomic E-state index is 12.6. The van der Waals surface area contributed by atoms with Crippen molar-refractivity contribution >= 4 is 15.9 Å². The number of ether oxygens (including phenoxy) is 1. The first-order valence-electron chi connectivity index (χ1n) is 9.92. The van der Waals surface area contributed by atoms with E-state index < -0.39 is 10.0 Å². The van der Waals surface area contributed by atoms with Crippen molar-refractivity contribution in [3.05, 3.63) is 59.7 Å². The van der Waals surface area contributed by atoms with Crippen molar-refractivity contribution < 1.29 is 17.9 Å². The van der Waals surface area contributed by atoms with Gasteiger partial charge in [-0.25, -0.2) is 8.42 Å². The first-order valence-corrected chi connectivity index (χ1v) is 11.4. The van der Waals surface area contributed by atoms with Crippen molar-refractivity contribution in [1.82, 2.24) is 9.62 Å². The van der Waals surface area contributed by atoms with Crippen LogP contribution in [-0.2, 0) is 21.2 Å². The van der Waals surface area contributed by atoms with Gasteiger partial charge in [-0.15, -0.1) is 0 Å². The van der Waals surface area contributed by atoms with E-state index >= 15 is 0 Å². The van der Waals surface area contributed by atoms with Gasteiger partial charge in [0, 0.05) is 19.5 Å². The van der Waals surface area contributed by atoms with Gasteiger partial charge in [-0.2, -0.15) is 4.31 Å². The lowest BCUT2D eigenvalue weighted by molar-refractivity contribution is -0.121. The molecule has 0 radical (unpaired) electrons. The average molecular weight is 417 g/mol. The number of rotatable bonds is 8. The topological polar surface area (TPSA) is 75.7 Å². The minimum Gasteiger partial charge on any atom is -0.497 e. The zero-order valence-corrected chi connectivity index (χ0v) is 17.7. The first kappa shape index (κ1) is 21.3. The zero-order valence-electron chi connectivity index (χ0n) is 16.9. The predicted octanol–water partition coefficient (Wildman–Crippen LogP) is 3.29. The summed E-state index contributed by atoms with van der Waals surface area (Å²) in [6.45, 7) is 3.13. The number of methoxy groups -OCH3 is 1. The Morgan fingerprint density at radius 2 is 1.69 bits per heavy atom. The molecule has 1 fully saturated rings. The molecule has 7 heteroatoms. The Labute approximate surface area is 172 Å². The van der Waals surface area contributed by atoms with Crippen LogP contribution in [0.3, 0.4) is 0 Å². The Hall–Kier alpha value is -2.38. The fourth-order valence-corrected chi connectivity index (χ4v) is 4.97. The van der Waals surface area contributed by atoms with Gasteiger partial charge in [-0.1, -0.05) is 24.3 Å². The molecule has 2 aromatic carbocycles. The molecule has 1 heterocycles. The van der Waals surface area contributed by atoms with Gasteiger partial charge in [0.05, 0.1) is 18.0 Å². The van der Waals surface area contributed by atoms with E-state index in [1.54, 1.807) is 31.4 Å². The molecule has 1 saturated heterocycles. The van der Waals surface area contributed by atoms with Crippen molar-refractivity contribution in [3.63, 3.8) is 0 Å². The minimum absolute atomic E-state index is 0.0397. The SMILES string of the molecule is COc1ccc(C(C)NC(=O)CCc2ccc(S(=O)(=O)N3CCCC3)cc2)cc1. The second-order valence-electron chi connectivity index (χ2n) is 7.32. The fourth-order valence-electron chi connectivity index (χ4n) is 3.45. The molecule has 2 aromatic rings. The van der Waals surface area contributed by atoms with Crippen LogP contribution in [0.1, 0.15) is 43.4 Å². The number of sulfonamides is 1. The van der Waals surface area contributed by atoms with Crippen LogP contribution in [-0.4, -0.2) is 38.8 Å². The molecular formula is C22H28N2O4S. The molecule has 0 aromatic heterocycles. The van der Waals surface area contributed by atoms with Crippen LogP contribution >= 0.6 is 0 Å². The number of hydrogen-bond donors (Lipinski definition) is 1. The number of benzene rings is 2. The lowest BCUT2D eigenvalue weighted by Gasteiger charge is -2.16. The number of amides is 1. The van der Waals surface area contributed by atoms with Gasteiger partial charge >= 0.3 is 0 Å². The summed E-state index contributed by atoms with van der Waals surface area (Å²) < 4.78 is 31.8. The van der Waals surface area contributed by atoms with E-state index in [1.807, 2.05) is 31.2 Å². The molecule has 3 rings (SSSR count). The van der Waals surface area contributed by atoms with Crippen molar-refractivity contribution in [1.29, 1.82) is 0 Å². The van der Waals surface area contributed by atoms with Crippen LogP contribution in [0.5, 0.6) is 5.75 Å². The number of nitrogens with one attached hydrogen (secondary N) is 1. The number of carbonyl (C=O) groups is 1. The van der Waals surface area contributed by atoms with Crippen LogP contribution in [0.4, 0.5) is 0 Å². The molecule has 0 saturated carbocycles. The van der Waals surface area contributed by atoms with Crippen LogP contribution in [0.15, 0.2) is 53.4 Å². The molecule has 1 atom stereocenters. The minimum atomic E-state index is -3.39. The van der Waals surface area contributed by atoms with Gasteiger partial charge in [-0.05, 0) is 61.6 Å². The molecule has 1 aliphatic heterocycles. The van der Waals surface area contributed by atoms with Crippen molar-refractivity contribution in [2.24, 2.45) is 0 Å². The summed E-state index contributed by atoms with van der Waals surface area (Å²) in [5, 5.41) is 2.99. The lowest BCUT2D eigenvalue weighted by Crippen LogP contribution is -2.27. The maximum atomic E-state index is 12.6. The van der Waals surface area contributed by atoms with Gasteiger partial charge in [-0.3, -0.25) is 4.79 Å². The van der Waals surface area contributed by atoms with E-state index in [1.165, 1.54) is 4.31 Å². The number of carbonyl (C=O) groups excluding carboxylic acids is 1. The van der Waals surface area contributed by atoms with Gasteiger partial charge in [0.25, 0.3) is 0 Å². The van der Waals surface area contributed by atoms with Crippen LogP contribution < -0.4 is 10.1 Å². The van der Waals surface area contributed by atoms with Crippen LogP contribution in [0.2, 0.25) is 0 Å². The van der Waals surface area contributed by atoms with Gasteiger partial charge in [0.15, 0.2) is 0 Å². The number of aryl methyl sites for hydroxylation is 1. The second-order valence-corrected chi connectivity index (χ2v) is 9.26. The van der Waals surface area contributed by atoms with Gasteiger partial charge in [0.2, 0.25) is 15.9 Å². The summed E-state index contributed by atoms with van der Waals surface area (Å²) >= 11 is 0. The van der Waals surface area contributed by atoms with E-state index in [2.05, 4.69) is 5.32 Å². The molecular weight excluding hydrogens is 388 g/mol. The smallest absolute Gasteiger partial charge is 0.243 e. The summed E-state index contributed by atoms with van der Waals surface area (Å²) in [4.78, 5) is 12.6. The highest BCUT2D eigenvalue weighted by Gasteiger charge is 2.26. The Bertz CT molecular complexity index is 918. The monoisotopic (exact) mass is 416 g/mol. The van der Waals surface area contributed by atoms with E-state index in [9.17, 15) is 13.2 Å². The molecule has 0 aliphatic carbocycles. The highest BCUT2D eigenvalue weighted by molar-refractivity contribution is 7.89. The van der Waals surface area contributed by atoms with E-state index in [0.29, 0.717) is 30.8 Å². The Kier molecular flexibility index (Phi) is 6.92. The fraction of sp³-hybridized carbons (Fsp3) is 0.409. The maximum Gasteiger partial charge on any atom is 0.243 e. The summed E-state index contributed by atoms with van der Waals surface area (Å²) in [6.07, 6.45) is 2.74. The van der Waals surface area contributed by atoms with E-state index in [0.717, 1.165) is 29.7 Å². The van der Waals surface area contributed by atoms with Crippen molar-refractivity contribution in [3.8, 4) is 5.75 Å². The van der Waals surface area contributed by atoms with E-state index in [4.69, 9.17) is 4.74 Å². The molecule has 0 bridgehead atoms. The van der Waals surface area contributed by atoms with Crippen LogP contribution in [0.25, 0.3) is 0 Å².